The number of hydrogen-bond donors (Lipinski definition) is 1. The highest BCUT2D eigenvalue weighted by Gasteiger charge is 2.39. The molecule has 0 saturated carbocycles. The fourth-order valence-electron chi connectivity index (χ4n) is 3.18. The second-order valence-corrected chi connectivity index (χ2v) is 7.12. The number of para-hydroxylation sites is 1. The van der Waals surface area contributed by atoms with Crippen molar-refractivity contribution in [2.24, 2.45) is 5.41 Å². The van der Waals surface area contributed by atoms with Crippen molar-refractivity contribution in [2.75, 3.05) is 18.0 Å². The van der Waals surface area contributed by atoms with Crippen LogP contribution < -0.4 is 10.2 Å². The standard InChI is InChI=1S/C21H30N2O2/c1-4-23(18-13-9-6-10-14-18)20(25)21(2,3)19(24)22-16-15-17-11-7-5-8-12-17/h6,9-11,13-14H,4-5,7-8,12,15-16H2,1-3H3,(H,22,24). The number of carbonyl (C=O) groups excluding carboxylic acids is 2. The first-order valence-corrected chi connectivity index (χ1v) is 9.30. The Morgan fingerprint density at radius 3 is 2.48 bits per heavy atom. The summed E-state index contributed by atoms with van der Waals surface area (Å²) in [5.41, 5.74) is 1.16. The zero-order valence-corrected chi connectivity index (χ0v) is 15.7. The van der Waals surface area contributed by atoms with Gasteiger partial charge in [-0.15, -0.1) is 0 Å². The summed E-state index contributed by atoms with van der Waals surface area (Å²) in [7, 11) is 0. The zero-order valence-electron chi connectivity index (χ0n) is 15.7. The van der Waals surface area contributed by atoms with Crippen molar-refractivity contribution in [3.8, 4) is 0 Å². The van der Waals surface area contributed by atoms with E-state index in [2.05, 4.69) is 11.4 Å². The molecule has 1 aromatic rings. The van der Waals surface area contributed by atoms with Gasteiger partial charge in [0.25, 0.3) is 0 Å². The Hall–Kier alpha value is -2.10. The number of hydrogen-bond acceptors (Lipinski definition) is 2. The number of nitrogens with one attached hydrogen (secondary N) is 1. The number of benzene rings is 1. The number of carbonyl (C=O) groups is 2. The van der Waals surface area contributed by atoms with E-state index in [-0.39, 0.29) is 11.8 Å². The summed E-state index contributed by atoms with van der Waals surface area (Å²) in [6.07, 6.45) is 7.97. The molecule has 2 amide bonds. The Labute approximate surface area is 151 Å². The molecule has 4 heteroatoms. The normalized spacial score (nSPS) is 14.6. The Morgan fingerprint density at radius 1 is 1.16 bits per heavy atom. The zero-order chi connectivity index (χ0) is 18.3. The average molecular weight is 342 g/mol. The van der Waals surface area contributed by atoms with Gasteiger partial charge in [-0.25, -0.2) is 0 Å². The quantitative estimate of drug-likeness (QED) is 0.600. The second-order valence-electron chi connectivity index (χ2n) is 7.12. The monoisotopic (exact) mass is 342 g/mol. The summed E-state index contributed by atoms with van der Waals surface area (Å²) in [5, 5.41) is 2.95. The molecule has 0 spiro atoms. The third-order valence-corrected chi connectivity index (χ3v) is 4.85. The van der Waals surface area contributed by atoms with Crippen molar-refractivity contribution >= 4 is 17.5 Å². The van der Waals surface area contributed by atoms with Gasteiger partial charge in [0.15, 0.2) is 0 Å². The van der Waals surface area contributed by atoms with Gasteiger partial charge in [-0.2, -0.15) is 0 Å². The van der Waals surface area contributed by atoms with Crippen LogP contribution in [-0.4, -0.2) is 24.9 Å². The summed E-state index contributed by atoms with van der Waals surface area (Å²) in [5.74, 6) is -0.376. The van der Waals surface area contributed by atoms with Crippen molar-refractivity contribution < 1.29 is 9.59 Å². The van der Waals surface area contributed by atoms with Crippen LogP contribution in [-0.2, 0) is 9.59 Å². The summed E-state index contributed by atoms with van der Waals surface area (Å²) >= 11 is 0. The van der Waals surface area contributed by atoms with E-state index in [4.69, 9.17) is 0 Å². The smallest absolute Gasteiger partial charge is 0.242 e. The Morgan fingerprint density at radius 2 is 1.88 bits per heavy atom. The Balaban J connectivity index is 1.96. The van der Waals surface area contributed by atoms with Crippen molar-refractivity contribution in [1.82, 2.24) is 5.32 Å². The molecule has 0 atom stereocenters. The van der Waals surface area contributed by atoms with Crippen molar-refractivity contribution in [1.29, 1.82) is 0 Å². The molecule has 0 aromatic heterocycles. The van der Waals surface area contributed by atoms with E-state index in [1.165, 1.54) is 18.4 Å². The van der Waals surface area contributed by atoms with Crippen molar-refractivity contribution in [3.63, 3.8) is 0 Å². The van der Waals surface area contributed by atoms with E-state index in [0.717, 1.165) is 24.9 Å². The molecule has 2 rings (SSSR count). The van der Waals surface area contributed by atoms with Crippen molar-refractivity contribution in [2.45, 2.75) is 52.9 Å². The van der Waals surface area contributed by atoms with E-state index >= 15 is 0 Å². The highest BCUT2D eigenvalue weighted by Crippen LogP contribution is 2.24. The molecule has 0 radical (unpaired) electrons. The Kier molecular flexibility index (Phi) is 6.80. The maximum absolute atomic E-state index is 13.0. The summed E-state index contributed by atoms with van der Waals surface area (Å²) < 4.78 is 0. The first kappa shape index (κ1) is 19.2. The van der Waals surface area contributed by atoms with Crippen LogP contribution in [0.3, 0.4) is 0 Å². The maximum atomic E-state index is 13.0. The minimum absolute atomic E-state index is 0.171. The number of amides is 2. The summed E-state index contributed by atoms with van der Waals surface area (Å²) in [6.45, 7) is 6.46. The number of allylic oxidation sites excluding steroid dienone is 1. The van der Waals surface area contributed by atoms with Crippen LogP contribution in [0.2, 0.25) is 0 Å². The van der Waals surface area contributed by atoms with Gasteiger partial charge < -0.3 is 10.2 Å². The minimum atomic E-state index is -1.09. The molecule has 0 fully saturated rings. The molecule has 25 heavy (non-hydrogen) atoms. The fourth-order valence-corrected chi connectivity index (χ4v) is 3.18. The highest BCUT2D eigenvalue weighted by molar-refractivity contribution is 6.11. The predicted octanol–water partition coefficient (Wildman–Crippen LogP) is 4.07. The third kappa shape index (κ3) is 4.94. The molecule has 1 aliphatic carbocycles. The first-order valence-electron chi connectivity index (χ1n) is 9.30. The molecule has 1 N–H and O–H groups in total. The fraction of sp³-hybridized carbons (Fsp3) is 0.524. The lowest BCUT2D eigenvalue weighted by Crippen LogP contribution is -2.50. The Bertz CT molecular complexity index is 620. The van der Waals surface area contributed by atoms with Gasteiger partial charge in [0.05, 0.1) is 0 Å². The van der Waals surface area contributed by atoms with Gasteiger partial charge in [-0.1, -0.05) is 29.8 Å². The van der Waals surface area contributed by atoms with Gasteiger partial charge in [-0.3, -0.25) is 9.59 Å². The number of nitrogens with zero attached hydrogens (tertiary/aromatic N) is 1. The van der Waals surface area contributed by atoms with E-state index in [1.54, 1.807) is 18.7 Å². The molecule has 0 aliphatic heterocycles. The van der Waals surface area contributed by atoms with Gasteiger partial charge in [-0.05, 0) is 65.0 Å². The number of rotatable bonds is 7. The predicted molar refractivity (Wildman–Crippen MR) is 102 cm³/mol. The van der Waals surface area contributed by atoms with Crippen LogP contribution in [0.4, 0.5) is 5.69 Å². The summed E-state index contributed by atoms with van der Waals surface area (Å²) in [6, 6.07) is 9.50. The molecule has 1 aliphatic rings. The molecular formula is C21H30N2O2. The molecule has 0 saturated heterocycles. The van der Waals surface area contributed by atoms with Crippen LogP contribution in [0.5, 0.6) is 0 Å². The highest BCUT2D eigenvalue weighted by atomic mass is 16.2. The summed E-state index contributed by atoms with van der Waals surface area (Å²) in [4.78, 5) is 27.2. The number of anilines is 1. The second kappa shape index (κ2) is 8.84. The third-order valence-electron chi connectivity index (χ3n) is 4.85. The molecule has 0 unspecified atom stereocenters. The topological polar surface area (TPSA) is 49.4 Å². The molecular weight excluding hydrogens is 312 g/mol. The lowest BCUT2D eigenvalue weighted by molar-refractivity contribution is -0.139. The van der Waals surface area contributed by atoms with Gasteiger partial charge >= 0.3 is 0 Å². The van der Waals surface area contributed by atoms with Crippen molar-refractivity contribution in [3.05, 3.63) is 42.0 Å². The van der Waals surface area contributed by atoms with Crippen LogP contribution in [0.1, 0.15) is 52.9 Å². The van der Waals surface area contributed by atoms with Crippen LogP contribution >= 0.6 is 0 Å². The molecule has 4 nitrogen and oxygen atoms in total. The first-order chi connectivity index (χ1) is 12.0. The van der Waals surface area contributed by atoms with E-state index in [0.29, 0.717) is 13.1 Å². The van der Waals surface area contributed by atoms with Gasteiger partial charge in [0.2, 0.25) is 11.8 Å². The van der Waals surface area contributed by atoms with E-state index in [1.807, 2.05) is 37.3 Å². The van der Waals surface area contributed by atoms with E-state index < -0.39 is 5.41 Å². The largest absolute Gasteiger partial charge is 0.355 e. The lowest BCUT2D eigenvalue weighted by atomic mass is 9.89. The SMILES string of the molecule is CCN(C(=O)C(C)(C)C(=O)NCCC1=CCCCC1)c1ccccc1. The van der Waals surface area contributed by atoms with Crippen LogP contribution in [0, 0.1) is 5.41 Å². The molecule has 0 bridgehead atoms. The molecule has 1 aromatic carbocycles. The molecule has 136 valence electrons. The van der Waals surface area contributed by atoms with E-state index in [9.17, 15) is 9.59 Å². The maximum Gasteiger partial charge on any atom is 0.242 e. The van der Waals surface area contributed by atoms with Crippen LogP contribution in [0.15, 0.2) is 42.0 Å². The molecule has 0 heterocycles. The van der Waals surface area contributed by atoms with Gasteiger partial charge in [0, 0.05) is 18.8 Å². The lowest BCUT2D eigenvalue weighted by Gasteiger charge is -2.30. The van der Waals surface area contributed by atoms with Gasteiger partial charge in [0.1, 0.15) is 5.41 Å². The van der Waals surface area contributed by atoms with Crippen LogP contribution in [0.25, 0.3) is 0 Å². The average Bonchev–Trinajstić information content (AvgIpc) is 2.64. The minimum Gasteiger partial charge on any atom is -0.355 e.